The molecule has 0 aromatic heterocycles. The molecular formula is C21H21F2NO2. The predicted octanol–water partition coefficient (Wildman–Crippen LogP) is 4.16. The van der Waals surface area contributed by atoms with Gasteiger partial charge in [-0.2, -0.15) is 0 Å². The second kappa shape index (κ2) is 6.71. The van der Waals surface area contributed by atoms with Gasteiger partial charge in [-0.3, -0.25) is 4.79 Å². The number of ether oxygens (including phenoxy) is 1. The Morgan fingerprint density at radius 2 is 2.04 bits per heavy atom. The first-order valence-electron chi connectivity index (χ1n) is 9.04. The maximum atomic E-state index is 14.1. The lowest BCUT2D eigenvalue weighted by Gasteiger charge is -2.24. The Balaban J connectivity index is 1.53. The Kier molecular flexibility index (Phi) is 4.39. The van der Waals surface area contributed by atoms with Crippen molar-refractivity contribution in [3.05, 3.63) is 53.1 Å². The number of aryl methyl sites for hydroxylation is 1. The van der Waals surface area contributed by atoms with Crippen molar-refractivity contribution in [3.8, 4) is 16.9 Å². The molecular weight excluding hydrogens is 336 g/mol. The number of benzene rings is 2. The van der Waals surface area contributed by atoms with E-state index >= 15 is 0 Å². The van der Waals surface area contributed by atoms with Gasteiger partial charge in [0.05, 0.1) is 6.54 Å². The summed E-state index contributed by atoms with van der Waals surface area (Å²) in [6.07, 6.45) is 3.36. The maximum absolute atomic E-state index is 14.1. The second-order valence-corrected chi connectivity index (χ2v) is 7.22. The fourth-order valence-corrected chi connectivity index (χ4v) is 3.56. The number of hydrogen-bond acceptors (Lipinski definition) is 2. The average molecular weight is 357 g/mol. The fraction of sp³-hybridized carbons (Fsp3) is 0.381. The van der Waals surface area contributed by atoms with Crippen LogP contribution in [0.3, 0.4) is 0 Å². The van der Waals surface area contributed by atoms with Gasteiger partial charge in [0, 0.05) is 23.5 Å². The zero-order valence-electron chi connectivity index (χ0n) is 14.6. The van der Waals surface area contributed by atoms with Crippen molar-refractivity contribution in [2.24, 2.45) is 5.92 Å². The number of carbonyl (C=O) groups is 1. The van der Waals surface area contributed by atoms with E-state index in [1.54, 1.807) is 19.1 Å². The highest BCUT2D eigenvalue weighted by atomic mass is 19.1. The van der Waals surface area contributed by atoms with E-state index in [0.29, 0.717) is 29.8 Å². The molecule has 2 aliphatic rings. The van der Waals surface area contributed by atoms with Gasteiger partial charge in [-0.1, -0.05) is 12.5 Å². The van der Waals surface area contributed by atoms with Gasteiger partial charge in [0.15, 0.2) is 0 Å². The molecule has 0 bridgehead atoms. The van der Waals surface area contributed by atoms with Gasteiger partial charge in [-0.15, -0.1) is 0 Å². The first kappa shape index (κ1) is 17.0. The van der Waals surface area contributed by atoms with Crippen LogP contribution in [0.25, 0.3) is 11.1 Å². The number of halogens is 2. The summed E-state index contributed by atoms with van der Waals surface area (Å²) >= 11 is 0. The Hall–Kier alpha value is -2.43. The first-order chi connectivity index (χ1) is 12.5. The van der Waals surface area contributed by atoms with E-state index < -0.39 is 0 Å². The number of fused-ring (bicyclic) bond motifs is 1. The summed E-state index contributed by atoms with van der Waals surface area (Å²) < 4.78 is 33.7. The van der Waals surface area contributed by atoms with E-state index in [9.17, 15) is 13.6 Å². The van der Waals surface area contributed by atoms with Crippen LogP contribution in [0, 0.1) is 24.5 Å². The van der Waals surface area contributed by atoms with E-state index in [-0.39, 0.29) is 29.6 Å². The van der Waals surface area contributed by atoms with Crippen LogP contribution in [0.15, 0.2) is 30.3 Å². The van der Waals surface area contributed by atoms with Crippen LogP contribution in [0.1, 0.15) is 30.4 Å². The SMILES string of the molecule is Cc1cc(-c2cc(F)cc3c2OC(CNC(=O)C2CCC2)C3)ccc1F. The van der Waals surface area contributed by atoms with E-state index in [1.807, 2.05) is 0 Å². The summed E-state index contributed by atoms with van der Waals surface area (Å²) in [6, 6.07) is 7.60. The molecule has 0 radical (unpaired) electrons. The standard InChI is InChI=1S/C21H21F2NO2/c1-12-7-14(5-6-19(12)23)18-10-16(22)8-15-9-17(26-20(15)18)11-24-21(25)13-3-2-4-13/h5-8,10,13,17H,2-4,9,11H2,1H3,(H,24,25). The molecule has 5 heteroatoms. The van der Waals surface area contributed by atoms with Crippen molar-refractivity contribution in [2.75, 3.05) is 6.54 Å². The maximum Gasteiger partial charge on any atom is 0.223 e. The molecule has 0 saturated heterocycles. The van der Waals surface area contributed by atoms with Gasteiger partial charge in [0.25, 0.3) is 0 Å². The quantitative estimate of drug-likeness (QED) is 0.892. The lowest BCUT2D eigenvalue weighted by atomic mass is 9.85. The molecule has 1 heterocycles. The van der Waals surface area contributed by atoms with Gasteiger partial charge >= 0.3 is 0 Å². The van der Waals surface area contributed by atoms with Crippen LogP contribution >= 0.6 is 0 Å². The number of rotatable bonds is 4. The Labute approximate surface area is 151 Å². The van der Waals surface area contributed by atoms with Crippen LogP contribution < -0.4 is 10.1 Å². The molecule has 26 heavy (non-hydrogen) atoms. The Morgan fingerprint density at radius 1 is 1.23 bits per heavy atom. The van der Waals surface area contributed by atoms with Crippen molar-refractivity contribution in [1.29, 1.82) is 0 Å². The van der Waals surface area contributed by atoms with Gasteiger partial charge in [0.2, 0.25) is 5.91 Å². The molecule has 1 aliphatic heterocycles. The van der Waals surface area contributed by atoms with Crippen LogP contribution in [-0.4, -0.2) is 18.6 Å². The molecule has 0 spiro atoms. The summed E-state index contributed by atoms with van der Waals surface area (Å²) in [5.74, 6) is 0.202. The van der Waals surface area contributed by atoms with Crippen molar-refractivity contribution < 1.29 is 18.3 Å². The van der Waals surface area contributed by atoms with Gasteiger partial charge in [-0.25, -0.2) is 8.78 Å². The lowest BCUT2D eigenvalue weighted by Crippen LogP contribution is -2.40. The van der Waals surface area contributed by atoms with E-state index in [2.05, 4.69) is 5.32 Å². The molecule has 136 valence electrons. The fourth-order valence-electron chi connectivity index (χ4n) is 3.56. The highest BCUT2D eigenvalue weighted by Crippen LogP contribution is 2.40. The van der Waals surface area contributed by atoms with Gasteiger partial charge in [-0.05, 0) is 55.2 Å². The minimum absolute atomic E-state index is 0.0800. The molecule has 1 saturated carbocycles. The highest BCUT2D eigenvalue weighted by Gasteiger charge is 2.29. The molecule has 3 nitrogen and oxygen atoms in total. The normalized spacial score (nSPS) is 18.8. The third-order valence-corrected chi connectivity index (χ3v) is 5.31. The Bertz CT molecular complexity index is 861. The number of hydrogen-bond donors (Lipinski definition) is 1. The van der Waals surface area contributed by atoms with E-state index in [0.717, 1.165) is 30.4 Å². The third kappa shape index (κ3) is 3.18. The predicted molar refractivity (Wildman–Crippen MR) is 95.0 cm³/mol. The molecule has 1 atom stereocenters. The largest absolute Gasteiger partial charge is 0.487 e. The second-order valence-electron chi connectivity index (χ2n) is 7.22. The third-order valence-electron chi connectivity index (χ3n) is 5.31. The zero-order valence-corrected chi connectivity index (χ0v) is 14.6. The van der Waals surface area contributed by atoms with Crippen LogP contribution in [0.2, 0.25) is 0 Å². The zero-order chi connectivity index (χ0) is 18.3. The van der Waals surface area contributed by atoms with E-state index in [4.69, 9.17) is 4.74 Å². The molecule has 1 unspecified atom stereocenters. The van der Waals surface area contributed by atoms with Gasteiger partial charge < -0.3 is 10.1 Å². The van der Waals surface area contributed by atoms with Crippen molar-refractivity contribution in [1.82, 2.24) is 5.32 Å². The summed E-state index contributed by atoms with van der Waals surface area (Å²) in [4.78, 5) is 12.0. The Morgan fingerprint density at radius 3 is 2.73 bits per heavy atom. The summed E-state index contributed by atoms with van der Waals surface area (Å²) in [5.41, 5.74) is 2.63. The van der Waals surface area contributed by atoms with Crippen LogP contribution in [0.4, 0.5) is 8.78 Å². The van der Waals surface area contributed by atoms with Crippen molar-refractivity contribution in [3.63, 3.8) is 0 Å². The summed E-state index contributed by atoms with van der Waals surface area (Å²) in [7, 11) is 0. The monoisotopic (exact) mass is 357 g/mol. The summed E-state index contributed by atoms with van der Waals surface area (Å²) in [5, 5.41) is 2.94. The van der Waals surface area contributed by atoms with E-state index in [1.165, 1.54) is 18.2 Å². The van der Waals surface area contributed by atoms with Crippen molar-refractivity contribution >= 4 is 5.91 Å². The lowest BCUT2D eigenvalue weighted by molar-refractivity contribution is -0.127. The number of carbonyl (C=O) groups excluding carboxylic acids is 1. The smallest absolute Gasteiger partial charge is 0.223 e. The molecule has 1 amide bonds. The minimum atomic E-state index is -0.344. The topological polar surface area (TPSA) is 38.3 Å². The first-order valence-corrected chi connectivity index (χ1v) is 9.04. The molecule has 1 fully saturated rings. The number of nitrogens with one attached hydrogen (secondary N) is 1. The molecule has 2 aromatic rings. The average Bonchev–Trinajstić information content (AvgIpc) is 2.96. The minimum Gasteiger partial charge on any atom is -0.487 e. The van der Waals surface area contributed by atoms with Crippen LogP contribution in [-0.2, 0) is 11.2 Å². The number of amides is 1. The molecule has 4 rings (SSSR count). The molecule has 2 aromatic carbocycles. The summed E-state index contributed by atoms with van der Waals surface area (Å²) in [6.45, 7) is 2.09. The molecule has 1 N–H and O–H groups in total. The highest BCUT2D eigenvalue weighted by molar-refractivity contribution is 5.79. The van der Waals surface area contributed by atoms with Crippen LogP contribution in [0.5, 0.6) is 5.75 Å². The molecule has 1 aliphatic carbocycles. The van der Waals surface area contributed by atoms with Gasteiger partial charge in [0.1, 0.15) is 23.5 Å². The van der Waals surface area contributed by atoms with Crippen molar-refractivity contribution in [2.45, 2.75) is 38.7 Å².